The first kappa shape index (κ1) is 32.4. The van der Waals surface area contributed by atoms with E-state index in [1.54, 1.807) is 43.3 Å². The second-order valence-electron chi connectivity index (χ2n) is 10.6. The number of hydrazine groups is 1. The molecule has 5 rings (SSSR count). The van der Waals surface area contributed by atoms with E-state index in [0.29, 0.717) is 40.9 Å². The van der Waals surface area contributed by atoms with Gasteiger partial charge in [0.2, 0.25) is 5.91 Å². The molecule has 3 amide bonds. The summed E-state index contributed by atoms with van der Waals surface area (Å²) in [6, 6.07) is 26.2. The highest BCUT2D eigenvalue weighted by Gasteiger charge is 2.28. The van der Waals surface area contributed by atoms with Gasteiger partial charge in [0.25, 0.3) is 5.91 Å². The number of aromatic nitrogens is 1. The number of rotatable bonds is 7. The molecule has 3 aromatic carbocycles. The Kier molecular flexibility index (Phi) is 10.9. The van der Waals surface area contributed by atoms with Crippen LogP contribution in [0.3, 0.4) is 0 Å². The first-order valence-electron chi connectivity index (χ1n) is 14.2. The predicted molar refractivity (Wildman–Crippen MR) is 174 cm³/mol. The molecule has 0 aliphatic carbocycles. The fourth-order valence-corrected chi connectivity index (χ4v) is 5.20. The molecule has 2 heterocycles. The minimum absolute atomic E-state index is 0. The third kappa shape index (κ3) is 7.34. The lowest BCUT2D eigenvalue weighted by Gasteiger charge is -2.35. The number of carbonyl (C=O) groups is 3. The van der Waals surface area contributed by atoms with Gasteiger partial charge in [0, 0.05) is 63.3 Å². The zero-order chi connectivity index (χ0) is 30.3. The van der Waals surface area contributed by atoms with Crippen LogP contribution in [0.2, 0.25) is 0 Å². The zero-order valence-corrected chi connectivity index (χ0v) is 25.9. The molecule has 1 N–H and O–H groups in total. The van der Waals surface area contributed by atoms with Gasteiger partial charge in [-0.2, -0.15) is 5.01 Å². The van der Waals surface area contributed by atoms with E-state index in [1.807, 2.05) is 60.7 Å². The number of likely N-dealkylation sites (N-methyl/N-ethyl adjacent to an activating group) is 1. The molecule has 0 spiro atoms. The molecule has 1 aliphatic heterocycles. The van der Waals surface area contributed by atoms with Crippen molar-refractivity contribution in [1.82, 2.24) is 25.1 Å². The molecule has 1 aliphatic rings. The largest absolute Gasteiger partial charge is 0.451 e. The second-order valence-corrected chi connectivity index (χ2v) is 10.6. The number of hydrogen-bond acceptors (Lipinski definition) is 7. The van der Waals surface area contributed by atoms with Gasteiger partial charge in [-0.15, -0.1) is 12.4 Å². The molecule has 10 nitrogen and oxygen atoms in total. The van der Waals surface area contributed by atoms with Crippen molar-refractivity contribution in [3.05, 3.63) is 96.1 Å². The van der Waals surface area contributed by atoms with Gasteiger partial charge < -0.3 is 9.64 Å². The Hall–Kier alpha value is -4.51. The Morgan fingerprint density at radius 2 is 1.43 bits per heavy atom. The number of halogens is 1. The molecule has 0 saturated carbocycles. The summed E-state index contributed by atoms with van der Waals surface area (Å²) >= 11 is 0. The minimum atomic E-state index is -0.717. The standard InChI is InChI=1S/C33H36N6O4.ClH/c1-36(2)29(40)23-38-20-18-37(19-21-38)22-27-30(32(41)35-39(33(42)43-3)25-14-8-5-9-15-25)26-16-10-11-17-28(26)34-31(27)24-12-6-4-7-13-24;/h4-17H,18-23H2,1-3H3,(H,35,41);1H. The fourth-order valence-electron chi connectivity index (χ4n) is 5.20. The van der Waals surface area contributed by atoms with Crippen molar-refractivity contribution in [1.29, 1.82) is 0 Å². The van der Waals surface area contributed by atoms with E-state index in [4.69, 9.17) is 9.72 Å². The van der Waals surface area contributed by atoms with Gasteiger partial charge >= 0.3 is 6.09 Å². The number of pyridine rings is 1. The van der Waals surface area contributed by atoms with E-state index in [9.17, 15) is 14.4 Å². The molecule has 0 bridgehead atoms. The molecule has 44 heavy (non-hydrogen) atoms. The molecule has 0 radical (unpaired) electrons. The predicted octanol–water partition coefficient (Wildman–Crippen LogP) is 4.45. The SMILES string of the molecule is COC(=O)N(NC(=O)c1c(CN2CCN(CC(=O)N(C)C)CC2)c(-c2ccccc2)nc2ccccc12)c1ccccc1.Cl. The molecule has 0 atom stereocenters. The maximum absolute atomic E-state index is 14.3. The number of ether oxygens (including phenoxy) is 1. The number of fused-ring (bicyclic) bond motifs is 1. The lowest BCUT2D eigenvalue weighted by molar-refractivity contribution is -0.130. The molecule has 11 heteroatoms. The van der Waals surface area contributed by atoms with Crippen LogP contribution in [0.4, 0.5) is 10.5 Å². The molecule has 1 aromatic heterocycles. The second kappa shape index (κ2) is 14.8. The fraction of sp³-hybridized carbons (Fsp3) is 0.273. The monoisotopic (exact) mass is 616 g/mol. The number of amides is 3. The van der Waals surface area contributed by atoms with Gasteiger partial charge in [0.15, 0.2) is 0 Å². The van der Waals surface area contributed by atoms with Crippen LogP contribution in [0, 0.1) is 0 Å². The van der Waals surface area contributed by atoms with Crippen molar-refractivity contribution < 1.29 is 19.1 Å². The van der Waals surface area contributed by atoms with Crippen LogP contribution in [0.25, 0.3) is 22.2 Å². The number of methoxy groups -OCH3 is 1. The topological polar surface area (TPSA) is 98.3 Å². The van der Waals surface area contributed by atoms with Gasteiger partial charge in [0.1, 0.15) is 0 Å². The number of nitrogens with one attached hydrogen (secondary N) is 1. The lowest BCUT2D eigenvalue weighted by atomic mass is 9.95. The van der Waals surface area contributed by atoms with E-state index >= 15 is 0 Å². The van der Waals surface area contributed by atoms with Gasteiger partial charge in [-0.3, -0.25) is 24.8 Å². The van der Waals surface area contributed by atoms with Crippen molar-refractivity contribution >= 4 is 46.9 Å². The highest BCUT2D eigenvalue weighted by molar-refractivity contribution is 6.10. The van der Waals surface area contributed by atoms with Crippen LogP contribution >= 0.6 is 12.4 Å². The number of anilines is 1. The third-order valence-corrected chi connectivity index (χ3v) is 7.56. The maximum Gasteiger partial charge on any atom is 0.433 e. The van der Waals surface area contributed by atoms with Crippen LogP contribution in [0.5, 0.6) is 0 Å². The summed E-state index contributed by atoms with van der Waals surface area (Å²) < 4.78 is 5.01. The molecule has 230 valence electrons. The van der Waals surface area contributed by atoms with E-state index in [2.05, 4.69) is 15.2 Å². The van der Waals surface area contributed by atoms with Crippen LogP contribution in [0.1, 0.15) is 15.9 Å². The smallest absolute Gasteiger partial charge is 0.433 e. The van der Waals surface area contributed by atoms with Gasteiger partial charge in [0.05, 0.1) is 36.1 Å². The number of para-hydroxylation sites is 2. The normalized spacial score (nSPS) is 13.5. The van der Waals surface area contributed by atoms with Gasteiger partial charge in [-0.1, -0.05) is 66.7 Å². The van der Waals surface area contributed by atoms with Crippen molar-refractivity contribution in [2.75, 3.05) is 58.9 Å². The van der Waals surface area contributed by atoms with Crippen LogP contribution in [0.15, 0.2) is 84.9 Å². The van der Waals surface area contributed by atoms with Gasteiger partial charge in [-0.05, 0) is 18.2 Å². The Balaban J connectivity index is 0.00000442. The summed E-state index contributed by atoms with van der Waals surface area (Å²) in [5.74, 6) is -0.374. The number of benzene rings is 3. The average molecular weight is 617 g/mol. The van der Waals surface area contributed by atoms with Crippen LogP contribution < -0.4 is 10.4 Å². The lowest BCUT2D eigenvalue weighted by Crippen LogP contribution is -2.49. The van der Waals surface area contributed by atoms with E-state index in [0.717, 1.165) is 42.3 Å². The first-order valence-corrected chi connectivity index (χ1v) is 14.2. The summed E-state index contributed by atoms with van der Waals surface area (Å²) in [6.07, 6.45) is -0.717. The highest BCUT2D eigenvalue weighted by atomic mass is 35.5. The number of hydrogen-bond donors (Lipinski definition) is 1. The average Bonchev–Trinajstić information content (AvgIpc) is 3.04. The molecular weight excluding hydrogens is 580 g/mol. The van der Waals surface area contributed by atoms with Crippen LogP contribution in [-0.4, -0.2) is 91.5 Å². The molecule has 0 unspecified atom stereocenters. The van der Waals surface area contributed by atoms with E-state index < -0.39 is 12.0 Å². The quantitative estimate of drug-likeness (QED) is 0.307. The van der Waals surface area contributed by atoms with Crippen LogP contribution in [-0.2, 0) is 16.1 Å². The Labute approximate surface area is 263 Å². The number of carbonyl (C=O) groups excluding carboxylic acids is 3. The van der Waals surface area contributed by atoms with Crippen molar-refractivity contribution in [2.24, 2.45) is 0 Å². The summed E-state index contributed by atoms with van der Waals surface area (Å²) in [5.41, 5.74) is 6.75. The number of piperazine rings is 1. The zero-order valence-electron chi connectivity index (χ0n) is 25.1. The minimum Gasteiger partial charge on any atom is -0.451 e. The van der Waals surface area contributed by atoms with Crippen molar-refractivity contribution in [3.8, 4) is 11.3 Å². The first-order chi connectivity index (χ1) is 20.9. The summed E-state index contributed by atoms with van der Waals surface area (Å²) in [7, 11) is 4.81. The molecule has 1 saturated heterocycles. The Morgan fingerprint density at radius 3 is 2.07 bits per heavy atom. The number of nitrogens with zero attached hydrogens (tertiary/aromatic N) is 5. The Morgan fingerprint density at radius 1 is 0.841 bits per heavy atom. The van der Waals surface area contributed by atoms with E-state index in [-0.39, 0.29) is 18.3 Å². The van der Waals surface area contributed by atoms with Crippen molar-refractivity contribution in [3.63, 3.8) is 0 Å². The Bertz CT molecular complexity index is 1590. The van der Waals surface area contributed by atoms with Crippen molar-refractivity contribution in [2.45, 2.75) is 6.54 Å². The molecule has 4 aromatic rings. The van der Waals surface area contributed by atoms with Gasteiger partial charge in [-0.25, -0.2) is 9.78 Å². The molecule has 1 fully saturated rings. The van der Waals surface area contributed by atoms with E-state index in [1.165, 1.54) is 7.11 Å². The summed E-state index contributed by atoms with van der Waals surface area (Å²) in [5, 5.41) is 1.80. The maximum atomic E-state index is 14.3. The summed E-state index contributed by atoms with van der Waals surface area (Å²) in [4.78, 5) is 50.5. The summed E-state index contributed by atoms with van der Waals surface area (Å²) in [6.45, 7) is 3.75. The third-order valence-electron chi connectivity index (χ3n) is 7.56. The molecular formula is C33H37ClN6O4. The highest BCUT2D eigenvalue weighted by Crippen LogP contribution is 2.32.